The van der Waals surface area contributed by atoms with E-state index in [2.05, 4.69) is 4.90 Å². The molecular weight excluding hydrogens is 216 g/mol. The quantitative estimate of drug-likeness (QED) is 0.594. The lowest BCUT2D eigenvalue weighted by Crippen LogP contribution is -2.10. The summed E-state index contributed by atoms with van der Waals surface area (Å²) >= 11 is 0. The summed E-state index contributed by atoms with van der Waals surface area (Å²) in [6.07, 6.45) is 6.25. The molecule has 0 saturated carbocycles. The third kappa shape index (κ3) is 2.64. The van der Waals surface area contributed by atoms with Gasteiger partial charge < -0.3 is 4.90 Å². The minimum absolute atomic E-state index is 0.181. The van der Waals surface area contributed by atoms with Gasteiger partial charge in [-0.1, -0.05) is 12.1 Å². The lowest BCUT2D eigenvalue weighted by molar-refractivity contribution is -0.385. The van der Waals surface area contributed by atoms with Crippen LogP contribution in [0.5, 0.6) is 0 Å². The molecule has 0 bridgehead atoms. The molecule has 4 nitrogen and oxygen atoms in total. The fraction of sp³-hybridized carbons (Fsp3) is 0.385. The molecule has 1 aromatic carbocycles. The van der Waals surface area contributed by atoms with E-state index in [0.717, 1.165) is 18.7 Å². The maximum absolute atomic E-state index is 10.9. The fourth-order valence-corrected chi connectivity index (χ4v) is 2.11. The smallest absolute Gasteiger partial charge is 0.276 e. The van der Waals surface area contributed by atoms with Crippen molar-refractivity contribution in [1.82, 2.24) is 4.90 Å². The SMILES string of the molecule is Cc1cccc([N+](=O)[O-])c1C=CN1CCCC1. The van der Waals surface area contributed by atoms with E-state index in [1.54, 1.807) is 12.1 Å². The van der Waals surface area contributed by atoms with Crippen LogP contribution >= 0.6 is 0 Å². The second-order valence-electron chi connectivity index (χ2n) is 4.32. The first-order chi connectivity index (χ1) is 8.18. The van der Waals surface area contributed by atoms with Crippen LogP contribution in [0.2, 0.25) is 0 Å². The first-order valence-electron chi connectivity index (χ1n) is 5.85. The standard InChI is InChI=1S/C13H16N2O2/c1-11-5-4-6-13(15(16)17)12(11)7-10-14-8-2-3-9-14/h4-7,10H,2-3,8-9H2,1H3. The van der Waals surface area contributed by atoms with Gasteiger partial charge in [-0.2, -0.15) is 0 Å². The number of hydrogen-bond donors (Lipinski definition) is 0. The number of hydrogen-bond acceptors (Lipinski definition) is 3. The molecule has 0 aromatic heterocycles. The van der Waals surface area contributed by atoms with E-state index in [4.69, 9.17) is 0 Å². The third-order valence-corrected chi connectivity index (χ3v) is 3.09. The van der Waals surface area contributed by atoms with Crippen LogP contribution in [0.4, 0.5) is 5.69 Å². The van der Waals surface area contributed by atoms with E-state index in [1.165, 1.54) is 12.8 Å². The van der Waals surface area contributed by atoms with Crippen LogP contribution in [-0.2, 0) is 0 Å². The summed E-state index contributed by atoms with van der Waals surface area (Å²) in [6.45, 7) is 4.00. The van der Waals surface area contributed by atoms with Crippen LogP contribution in [-0.4, -0.2) is 22.9 Å². The highest BCUT2D eigenvalue weighted by Gasteiger charge is 2.13. The largest absolute Gasteiger partial charge is 0.377 e. The van der Waals surface area contributed by atoms with Crippen molar-refractivity contribution >= 4 is 11.8 Å². The van der Waals surface area contributed by atoms with Gasteiger partial charge in [-0.3, -0.25) is 10.1 Å². The highest BCUT2D eigenvalue weighted by atomic mass is 16.6. The van der Waals surface area contributed by atoms with Gasteiger partial charge in [-0.05, 0) is 37.6 Å². The van der Waals surface area contributed by atoms with Crippen molar-refractivity contribution in [2.24, 2.45) is 0 Å². The number of nitro benzene ring substituents is 1. The normalized spacial score (nSPS) is 15.7. The highest BCUT2D eigenvalue weighted by Crippen LogP contribution is 2.23. The molecule has 1 fully saturated rings. The van der Waals surface area contributed by atoms with Crippen molar-refractivity contribution in [1.29, 1.82) is 0 Å². The number of likely N-dealkylation sites (tertiary alicyclic amines) is 1. The third-order valence-electron chi connectivity index (χ3n) is 3.09. The van der Waals surface area contributed by atoms with Gasteiger partial charge in [0.25, 0.3) is 5.69 Å². The highest BCUT2D eigenvalue weighted by molar-refractivity contribution is 5.64. The zero-order chi connectivity index (χ0) is 12.3. The summed E-state index contributed by atoms with van der Waals surface area (Å²) in [7, 11) is 0. The number of aryl methyl sites for hydroxylation is 1. The molecule has 2 rings (SSSR count). The number of rotatable bonds is 3. The zero-order valence-electron chi connectivity index (χ0n) is 9.93. The Bertz CT molecular complexity index is 449. The maximum Gasteiger partial charge on any atom is 0.276 e. The Hall–Kier alpha value is -1.84. The molecule has 0 unspecified atom stereocenters. The predicted octanol–water partition coefficient (Wildman–Crippen LogP) is 2.97. The van der Waals surface area contributed by atoms with Crippen molar-refractivity contribution in [2.75, 3.05) is 13.1 Å². The van der Waals surface area contributed by atoms with Crippen LogP contribution in [0.25, 0.3) is 6.08 Å². The summed E-state index contributed by atoms with van der Waals surface area (Å²) in [4.78, 5) is 12.8. The molecule has 1 aromatic rings. The molecule has 0 atom stereocenters. The second-order valence-corrected chi connectivity index (χ2v) is 4.32. The second kappa shape index (κ2) is 4.99. The Labute approximate surface area is 101 Å². The van der Waals surface area contributed by atoms with Gasteiger partial charge in [0.05, 0.1) is 10.5 Å². The Morgan fingerprint density at radius 3 is 2.71 bits per heavy atom. The average molecular weight is 232 g/mol. The van der Waals surface area contributed by atoms with Gasteiger partial charge in [0.1, 0.15) is 0 Å². The van der Waals surface area contributed by atoms with Crippen LogP contribution in [0.1, 0.15) is 24.0 Å². The van der Waals surface area contributed by atoms with E-state index in [9.17, 15) is 10.1 Å². The summed E-state index contributed by atoms with van der Waals surface area (Å²) in [5.74, 6) is 0. The molecule has 0 radical (unpaired) electrons. The molecule has 0 spiro atoms. The van der Waals surface area contributed by atoms with Crippen molar-refractivity contribution in [3.63, 3.8) is 0 Å². The van der Waals surface area contributed by atoms with Gasteiger partial charge in [0.15, 0.2) is 0 Å². The molecule has 1 aliphatic rings. The molecule has 1 heterocycles. The minimum Gasteiger partial charge on any atom is -0.377 e. The van der Waals surface area contributed by atoms with Crippen LogP contribution in [0.15, 0.2) is 24.4 Å². The van der Waals surface area contributed by atoms with Crippen LogP contribution < -0.4 is 0 Å². The summed E-state index contributed by atoms with van der Waals surface area (Å²) in [5, 5.41) is 10.9. The Morgan fingerprint density at radius 2 is 2.06 bits per heavy atom. The Balaban J connectivity index is 2.27. The molecule has 0 N–H and O–H groups in total. The van der Waals surface area contributed by atoms with Crippen LogP contribution in [0, 0.1) is 17.0 Å². The Morgan fingerprint density at radius 1 is 1.35 bits per heavy atom. The molecule has 90 valence electrons. The lowest BCUT2D eigenvalue weighted by Gasteiger charge is -2.10. The fourth-order valence-electron chi connectivity index (χ4n) is 2.11. The zero-order valence-corrected chi connectivity index (χ0v) is 9.93. The molecule has 1 aliphatic heterocycles. The number of nitro groups is 1. The molecular formula is C13H16N2O2. The average Bonchev–Trinajstić information content (AvgIpc) is 2.80. The van der Waals surface area contributed by atoms with Crippen molar-refractivity contribution in [3.8, 4) is 0 Å². The summed E-state index contributed by atoms with van der Waals surface area (Å²) < 4.78 is 0. The predicted molar refractivity (Wildman–Crippen MR) is 67.7 cm³/mol. The molecule has 17 heavy (non-hydrogen) atoms. The summed E-state index contributed by atoms with van der Waals surface area (Å²) in [6, 6.07) is 5.17. The lowest BCUT2D eigenvalue weighted by atomic mass is 10.1. The van der Waals surface area contributed by atoms with E-state index >= 15 is 0 Å². The van der Waals surface area contributed by atoms with E-state index in [1.807, 2.05) is 25.3 Å². The minimum atomic E-state index is -0.323. The maximum atomic E-state index is 10.9. The number of benzene rings is 1. The van der Waals surface area contributed by atoms with Crippen molar-refractivity contribution < 1.29 is 4.92 Å². The van der Waals surface area contributed by atoms with Crippen molar-refractivity contribution in [3.05, 3.63) is 45.6 Å². The molecule has 0 amide bonds. The first kappa shape index (κ1) is 11.6. The van der Waals surface area contributed by atoms with E-state index in [-0.39, 0.29) is 10.6 Å². The molecule has 1 saturated heterocycles. The summed E-state index contributed by atoms with van der Waals surface area (Å²) in [5.41, 5.74) is 1.83. The van der Waals surface area contributed by atoms with Gasteiger partial charge in [0, 0.05) is 19.2 Å². The molecule has 4 heteroatoms. The Kier molecular flexibility index (Phi) is 3.42. The van der Waals surface area contributed by atoms with Crippen molar-refractivity contribution in [2.45, 2.75) is 19.8 Å². The van der Waals surface area contributed by atoms with Gasteiger partial charge in [-0.15, -0.1) is 0 Å². The monoisotopic (exact) mass is 232 g/mol. The van der Waals surface area contributed by atoms with Gasteiger partial charge >= 0.3 is 0 Å². The first-order valence-corrected chi connectivity index (χ1v) is 5.85. The van der Waals surface area contributed by atoms with E-state index in [0.29, 0.717) is 5.56 Å². The molecule has 0 aliphatic carbocycles. The van der Waals surface area contributed by atoms with Gasteiger partial charge in [-0.25, -0.2) is 0 Å². The van der Waals surface area contributed by atoms with Gasteiger partial charge in [0.2, 0.25) is 0 Å². The van der Waals surface area contributed by atoms with E-state index < -0.39 is 0 Å². The number of nitrogens with zero attached hydrogens (tertiary/aromatic N) is 2. The topological polar surface area (TPSA) is 46.4 Å². The van der Waals surface area contributed by atoms with Crippen LogP contribution in [0.3, 0.4) is 0 Å².